The molecule has 2 amide bonds. The van der Waals surface area contributed by atoms with E-state index < -0.39 is 73.9 Å². The Balaban J connectivity index is 0.00000320. The van der Waals surface area contributed by atoms with E-state index >= 15 is 0 Å². The van der Waals surface area contributed by atoms with Gasteiger partial charge < -0.3 is 25.6 Å². The number of azo groups is 2. The molecule has 0 fully saturated rings. The van der Waals surface area contributed by atoms with Gasteiger partial charge in [-0.2, -0.15) is 30.4 Å². The number of para-hydroxylation sites is 1. The molecule has 3 radical (unpaired) electrons. The minimum Gasteiger partial charge on any atom is -0.505 e. The number of aromatic hydroxyl groups is 2. The van der Waals surface area contributed by atoms with Crippen molar-refractivity contribution in [2.75, 3.05) is 17.7 Å². The summed E-state index contributed by atoms with van der Waals surface area (Å²) in [5, 5.41) is 42.9. The largest absolute Gasteiger partial charge is 0.505 e. The van der Waals surface area contributed by atoms with Crippen molar-refractivity contribution >= 4 is 181 Å². The standard InChI is InChI=1S/C35H28N6O13S3.3Na/c1-18-13-23(55(45,46)47)9-12-26(18)38-40-31-29(56(48,49)50)16-19-14-21(7-10-24(19)33(31)42)36-35(44)37-22-8-11-25-20(15-22)17-30(57(51,52)53)32(34(25)43)41-39-27-5-3-4-6-28(27)54-2;;;/h3-17,42-43H,1-2H3,(H2,36,37,44)(H,45,46,47)(H,48,49,50)(H,51,52,53);;;. The maximum atomic E-state index is 13.0. The molecule has 0 aromatic heterocycles. The number of urea groups is 1. The Labute approximate surface area is 408 Å². The molecule has 0 spiro atoms. The van der Waals surface area contributed by atoms with Crippen LogP contribution in [0.1, 0.15) is 5.56 Å². The molecule has 0 heterocycles. The molecule has 0 saturated carbocycles. The summed E-state index contributed by atoms with van der Waals surface area (Å²) >= 11 is 0. The fourth-order valence-electron chi connectivity index (χ4n) is 5.56. The quantitative estimate of drug-likeness (QED) is 0.0423. The Morgan fingerprint density at radius 1 is 0.583 bits per heavy atom. The Bertz CT molecular complexity index is 3060. The molecule has 19 nitrogen and oxygen atoms in total. The number of fused-ring (bicyclic) bond motifs is 2. The van der Waals surface area contributed by atoms with Crippen LogP contribution in [0.2, 0.25) is 0 Å². The third-order valence-corrected chi connectivity index (χ3v) is 10.8. The maximum Gasteiger partial charge on any atom is 0.323 e. The van der Waals surface area contributed by atoms with Gasteiger partial charge >= 0.3 is 6.03 Å². The van der Waals surface area contributed by atoms with Gasteiger partial charge in [0, 0.05) is 111 Å². The zero-order valence-electron chi connectivity index (χ0n) is 32.2. The van der Waals surface area contributed by atoms with Crippen molar-refractivity contribution in [3.8, 4) is 17.2 Å². The van der Waals surface area contributed by atoms with Crippen molar-refractivity contribution in [2.24, 2.45) is 20.5 Å². The zero-order valence-corrected chi connectivity index (χ0v) is 40.6. The molecule has 6 rings (SSSR count). The van der Waals surface area contributed by atoms with E-state index in [2.05, 4.69) is 31.1 Å². The summed E-state index contributed by atoms with van der Waals surface area (Å²) in [6, 6.07) is 18.9. The number of nitrogens with zero attached hydrogens (tertiary/aromatic N) is 4. The summed E-state index contributed by atoms with van der Waals surface area (Å²) < 4.78 is 107. The van der Waals surface area contributed by atoms with Crippen LogP contribution < -0.4 is 15.4 Å². The second-order valence-electron chi connectivity index (χ2n) is 12.0. The molecule has 0 aliphatic heterocycles. The number of phenolic OH excluding ortho intramolecular Hbond substituents is 2. The number of carbonyl (C=O) groups is 1. The molecule has 6 aromatic rings. The minimum atomic E-state index is -5.03. The molecule has 0 aliphatic carbocycles. The third kappa shape index (κ3) is 11.5. The van der Waals surface area contributed by atoms with E-state index in [1.807, 2.05) is 0 Å². The van der Waals surface area contributed by atoms with Crippen LogP contribution in [0.15, 0.2) is 126 Å². The van der Waals surface area contributed by atoms with Crippen LogP contribution in [0.5, 0.6) is 17.2 Å². The number of aryl methyl sites for hydroxylation is 1. The molecule has 7 N–H and O–H groups in total. The van der Waals surface area contributed by atoms with Gasteiger partial charge in [0.1, 0.15) is 32.6 Å². The normalized spacial score (nSPS) is 11.8. The van der Waals surface area contributed by atoms with E-state index in [4.69, 9.17) is 4.74 Å². The van der Waals surface area contributed by atoms with Crippen molar-refractivity contribution in [3.05, 3.63) is 96.6 Å². The fraction of sp³-hybridized carbons (Fsp3) is 0.0571. The molecule has 0 aliphatic rings. The van der Waals surface area contributed by atoms with Crippen molar-refractivity contribution in [2.45, 2.75) is 21.6 Å². The van der Waals surface area contributed by atoms with E-state index in [1.54, 1.807) is 18.2 Å². The summed E-state index contributed by atoms with van der Waals surface area (Å²) in [6.45, 7) is 1.44. The summed E-state index contributed by atoms with van der Waals surface area (Å²) in [5.41, 5.74) is -0.525. The van der Waals surface area contributed by atoms with Gasteiger partial charge in [-0.15, -0.1) is 15.3 Å². The zero-order chi connectivity index (χ0) is 41.4. The van der Waals surface area contributed by atoms with Gasteiger partial charge in [0.05, 0.1) is 17.7 Å². The van der Waals surface area contributed by atoms with E-state index in [0.29, 0.717) is 5.75 Å². The van der Waals surface area contributed by atoms with Crippen LogP contribution in [0, 0.1) is 6.92 Å². The molecule has 0 bridgehead atoms. The molecular weight excluding hydrogens is 878 g/mol. The molecule has 297 valence electrons. The van der Waals surface area contributed by atoms with Crippen molar-refractivity contribution < 1.29 is 58.7 Å². The van der Waals surface area contributed by atoms with Crippen LogP contribution in [-0.4, -0.2) is 151 Å². The summed E-state index contributed by atoms with van der Waals surface area (Å²) in [5.74, 6) is -1.03. The number of anilines is 2. The van der Waals surface area contributed by atoms with E-state index in [0.717, 1.165) is 24.3 Å². The smallest absolute Gasteiger partial charge is 0.323 e. The third-order valence-electron chi connectivity index (χ3n) is 8.24. The van der Waals surface area contributed by atoms with Crippen LogP contribution in [0.4, 0.5) is 38.9 Å². The fourth-order valence-corrected chi connectivity index (χ4v) is 7.44. The summed E-state index contributed by atoms with van der Waals surface area (Å²) in [6.07, 6.45) is 0. The van der Waals surface area contributed by atoms with E-state index in [9.17, 15) is 53.9 Å². The number of methoxy groups -OCH3 is 1. The Kier molecular flexibility index (Phi) is 17.0. The average molecular weight is 906 g/mol. The predicted octanol–water partition coefficient (Wildman–Crippen LogP) is 6.79. The number of benzene rings is 6. The second-order valence-corrected chi connectivity index (χ2v) is 16.2. The number of nitrogens with one attached hydrogen (secondary N) is 2. The van der Waals surface area contributed by atoms with Gasteiger partial charge in [-0.1, -0.05) is 12.1 Å². The number of hydrogen-bond acceptors (Lipinski definition) is 14. The van der Waals surface area contributed by atoms with E-state index in [1.165, 1.54) is 62.6 Å². The Hall–Kier alpha value is -3.56. The first-order valence-electron chi connectivity index (χ1n) is 15.9. The first-order chi connectivity index (χ1) is 26.7. The maximum absolute atomic E-state index is 13.0. The molecule has 0 atom stereocenters. The molecule has 25 heteroatoms. The van der Waals surface area contributed by atoms with Crippen LogP contribution in [0.25, 0.3) is 21.5 Å². The molecular formula is C35H28N6Na3O13S3. The van der Waals surface area contributed by atoms with Gasteiger partial charge in [-0.25, -0.2) is 4.79 Å². The second kappa shape index (κ2) is 20.1. The number of phenols is 2. The van der Waals surface area contributed by atoms with Crippen molar-refractivity contribution in [1.82, 2.24) is 0 Å². The SMILES string of the molecule is COc1ccccc1N=Nc1c(S(=O)(=O)O)cc2cc(NC(=O)Nc3ccc4c(O)c(N=Nc5ccc(S(=O)(=O)O)cc5C)c(S(=O)(=O)O)cc4c3)ccc2c1O.[Na].[Na].[Na]. The van der Waals surface area contributed by atoms with Crippen LogP contribution in [0.3, 0.4) is 0 Å². The average Bonchev–Trinajstić information content (AvgIpc) is 3.13. The number of amides is 2. The van der Waals surface area contributed by atoms with Gasteiger partial charge in [0.25, 0.3) is 30.4 Å². The predicted molar refractivity (Wildman–Crippen MR) is 223 cm³/mol. The van der Waals surface area contributed by atoms with Crippen LogP contribution >= 0.6 is 0 Å². The van der Waals surface area contributed by atoms with E-state index in [-0.39, 0.29) is 139 Å². The molecule has 0 saturated heterocycles. The molecule has 6 aromatic carbocycles. The van der Waals surface area contributed by atoms with Gasteiger partial charge in [-0.3, -0.25) is 13.7 Å². The van der Waals surface area contributed by atoms with Gasteiger partial charge in [-0.05, 0) is 102 Å². The monoisotopic (exact) mass is 905 g/mol. The van der Waals surface area contributed by atoms with Crippen LogP contribution in [-0.2, 0) is 30.4 Å². The van der Waals surface area contributed by atoms with Crippen molar-refractivity contribution in [1.29, 1.82) is 0 Å². The first kappa shape index (κ1) is 50.8. The van der Waals surface area contributed by atoms with Gasteiger partial charge in [0.2, 0.25) is 0 Å². The Morgan fingerprint density at radius 2 is 1.05 bits per heavy atom. The summed E-state index contributed by atoms with van der Waals surface area (Å²) in [7, 11) is -13.1. The Morgan fingerprint density at radius 3 is 1.48 bits per heavy atom. The minimum absolute atomic E-state index is 0. The van der Waals surface area contributed by atoms with Crippen molar-refractivity contribution in [3.63, 3.8) is 0 Å². The number of hydrogen-bond donors (Lipinski definition) is 7. The summed E-state index contributed by atoms with van der Waals surface area (Å²) in [4.78, 5) is 11.0. The first-order valence-corrected chi connectivity index (χ1v) is 20.2. The number of ether oxygens (including phenoxy) is 1. The van der Waals surface area contributed by atoms with Gasteiger partial charge in [0.15, 0.2) is 11.5 Å². The number of rotatable bonds is 10. The number of carbonyl (C=O) groups excluding carboxylic acids is 1. The molecule has 0 unspecified atom stereocenters. The topological polar surface area (TPSA) is 303 Å². The molecule has 60 heavy (non-hydrogen) atoms.